The van der Waals surface area contributed by atoms with Gasteiger partial charge >= 0.3 is 0 Å². The molecule has 0 unspecified atom stereocenters. The highest BCUT2D eigenvalue weighted by Crippen LogP contribution is 2.23. The molecule has 0 fully saturated rings. The minimum absolute atomic E-state index is 0.279. The molecule has 0 saturated carbocycles. The highest BCUT2D eigenvalue weighted by Gasteiger charge is 2.14. The van der Waals surface area contributed by atoms with E-state index in [2.05, 4.69) is 37.6 Å². The van der Waals surface area contributed by atoms with Crippen molar-refractivity contribution in [2.45, 2.75) is 24.7 Å². The largest absolute Gasteiger partial charge is 0.488 e. The maximum absolute atomic E-state index is 5.75. The van der Waals surface area contributed by atoms with Crippen LogP contribution in [-0.2, 0) is 10.9 Å². The predicted octanol–water partition coefficient (Wildman–Crippen LogP) is 3.10. The minimum Gasteiger partial charge on any atom is -0.488 e. The van der Waals surface area contributed by atoms with E-state index in [1.807, 2.05) is 6.07 Å². The van der Waals surface area contributed by atoms with Crippen molar-refractivity contribution in [2.24, 2.45) is 0 Å². The van der Waals surface area contributed by atoms with Crippen LogP contribution >= 0.6 is 0 Å². The van der Waals surface area contributed by atoms with E-state index >= 15 is 0 Å². The van der Waals surface area contributed by atoms with Crippen LogP contribution in [0.1, 0.15) is 19.8 Å². The average Bonchev–Trinajstić information content (AvgIpc) is 2.19. The molecule has 1 aromatic rings. The van der Waals surface area contributed by atoms with Gasteiger partial charge in [0.25, 0.3) is 0 Å². The van der Waals surface area contributed by atoms with Gasteiger partial charge in [0.2, 0.25) is 0 Å². The van der Waals surface area contributed by atoms with Crippen LogP contribution in [0, 0.1) is 0 Å². The fourth-order valence-electron chi connectivity index (χ4n) is 1.23. The summed E-state index contributed by atoms with van der Waals surface area (Å²) in [6.45, 7) is 3.02. The Morgan fingerprint density at radius 3 is 2.57 bits per heavy atom. The lowest BCUT2D eigenvalue weighted by atomic mass is 10.3. The summed E-state index contributed by atoms with van der Waals surface area (Å²) in [7, 11) is 0.279. The van der Waals surface area contributed by atoms with Gasteiger partial charge in [-0.15, -0.1) is 0 Å². The lowest BCUT2D eigenvalue weighted by Crippen LogP contribution is -2.03. The summed E-state index contributed by atoms with van der Waals surface area (Å²) in [5.74, 6) is 1.06. The van der Waals surface area contributed by atoms with Gasteiger partial charge in [-0.2, -0.15) is 0 Å². The van der Waals surface area contributed by atoms with Crippen LogP contribution in [0.5, 0.6) is 5.75 Å². The fourth-order valence-corrected chi connectivity index (χ4v) is 2.11. The molecule has 78 valence electrons. The SMILES string of the molecule is CCCCOc1ccccc1[S+](C)C. The molecular formula is C12H19OS+. The van der Waals surface area contributed by atoms with E-state index in [1.165, 1.54) is 11.3 Å². The highest BCUT2D eigenvalue weighted by molar-refractivity contribution is 7.95. The Morgan fingerprint density at radius 2 is 1.93 bits per heavy atom. The molecule has 14 heavy (non-hydrogen) atoms. The van der Waals surface area contributed by atoms with E-state index in [4.69, 9.17) is 4.74 Å². The van der Waals surface area contributed by atoms with Gasteiger partial charge in [-0.05, 0) is 18.6 Å². The number of hydrogen-bond donors (Lipinski definition) is 0. The van der Waals surface area contributed by atoms with Crippen molar-refractivity contribution in [1.29, 1.82) is 0 Å². The van der Waals surface area contributed by atoms with Crippen LogP contribution in [0.15, 0.2) is 29.2 Å². The molecule has 0 N–H and O–H groups in total. The zero-order valence-corrected chi connectivity index (χ0v) is 10.1. The van der Waals surface area contributed by atoms with Crippen LogP contribution in [0.4, 0.5) is 0 Å². The lowest BCUT2D eigenvalue weighted by Gasteiger charge is -2.07. The molecule has 0 radical (unpaired) electrons. The molecule has 0 aromatic heterocycles. The molecule has 0 heterocycles. The van der Waals surface area contributed by atoms with Crippen LogP contribution in [0.25, 0.3) is 0 Å². The molecule has 0 aliphatic rings. The third kappa shape index (κ3) is 3.26. The molecule has 0 atom stereocenters. The summed E-state index contributed by atoms with van der Waals surface area (Å²) in [6.07, 6.45) is 6.77. The molecular weight excluding hydrogens is 192 g/mol. The maximum Gasteiger partial charge on any atom is 0.196 e. The third-order valence-corrected chi connectivity index (χ3v) is 3.26. The van der Waals surface area contributed by atoms with Crippen molar-refractivity contribution in [1.82, 2.24) is 0 Å². The molecule has 0 saturated heterocycles. The van der Waals surface area contributed by atoms with Gasteiger partial charge in [0.1, 0.15) is 12.5 Å². The molecule has 1 nitrogen and oxygen atoms in total. The van der Waals surface area contributed by atoms with Crippen LogP contribution in [0.3, 0.4) is 0 Å². The number of ether oxygens (including phenoxy) is 1. The van der Waals surface area contributed by atoms with E-state index in [0.717, 1.165) is 18.8 Å². The van der Waals surface area contributed by atoms with Gasteiger partial charge in [0.15, 0.2) is 10.6 Å². The molecule has 1 aromatic carbocycles. The summed E-state index contributed by atoms with van der Waals surface area (Å²) >= 11 is 0. The Kier molecular flexibility index (Phi) is 4.88. The second-order valence-corrected chi connectivity index (χ2v) is 5.54. The van der Waals surface area contributed by atoms with Gasteiger partial charge in [0, 0.05) is 10.9 Å². The zero-order chi connectivity index (χ0) is 10.4. The Morgan fingerprint density at radius 1 is 1.21 bits per heavy atom. The standard InChI is InChI=1S/C12H19OS/c1-4-5-10-13-11-8-6-7-9-12(11)14(2)3/h6-9H,4-5,10H2,1-3H3/q+1. The Balaban J connectivity index is 2.64. The lowest BCUT2D eigenvalue weighted by molar-refractivity contribution is 0.302. The molecule has 2 heteroatoms. The third-order valence-electron chi connectivity index (χ3n) is 2.04. The van der Waals surface area contributed by atoms with E-state index in [-0.39, 0.29) is 10.9 Å². The van der Waals surface area contributed by atoms with Gasteiger partial charge in [0.05, 0.1) is 6.61 Å². The summed E-state index contributed by atoms with van der Waals surface area (Å²) in [5.41, 5.74) is 0. The summed E-state index contributed by atoms with van der Waals surface area (Å²) in [6, 6.07) is 8.34. The first-order chi connectivity index (χ1) is 6.75. The predicted molar refractivity (Wildman–Crippen MR) is 64.3 cm³/mol. The smallest absolute Gasteiger partial charge is 0.196 e. The fraction of sp³-hybridized carbons (Fsp3) is 0.500. The summed E-state index contributed by atoms with van der Waals surface area (Å²) in [5, 5.41) is 0. The van der Waals surface area contributed by atoms with Crippen molar-refractivity contribution in [2.75, 3.05) is 19.1 Å². The van der Waals surface area contributed by atoms with E-state index in [0.29, 0.717) is 0 Å². The van der Waals surface area contributed by atoms with Crippen molar-refractivity contribution >= 4 is 10.9 Å². The number of rotatable bonds is 5. The van der Waals surface area contributed by atoms with Crippen LogP contribution in [-0.4, -0.2) is 19.1 Å². The Labute approximate surface area is 89.8 Å². The van der Waals surface area contributed by atoms with Gasteiger partial charge < -0.3 is 4.74 Å². The maximum atomic E-state index is 5.75. The van der Waals surface area contributed by atoms with Crippen molar-refractivity contribution in [3.05, 3.63) is 24.3 Å². The monoisotopic (exact) mass is 211 g/mol. The molecule has 1 rings (SSSR count). The molecule has 0 amide bonds. The first-order valence-electron chi connectivity index (χ1n) is 5.05. The Bertz CT molecular complexity index is 271. The molecule has 0 bridgehead atoms. The van der Waals surface area contributed by atoms with Crippen LogP contribution < -0.4 is 4.74 Å². The van der Waals surface area contributed by atoms with E-state index in [9.17, 15) is 0 Å². The number of para-hydroxylation sites is 1. The highest BCUT2D eigenvalue weighted by atomic mass is 32.2. The topological polar surface area (TPSA) is 9.23 Å². The second kappa shape index (κ2) is 5.97. The number of hydrogen-bond acceptors (Lipinski definition) is 1. The van der Waals surface area contributed by atoms with Gasteiger partial charge in [-0.25, -0.2) is 0 Å². The minimum atomic E-state index is 0.279. The normalized spacial score (nSPS) is 10.6. The van der Waals surface area contributed by atoms with Crippen LogP contribution in [0.2, 0.25) is 0 Å². The van der Waals surface area contributed by atoms with E-state index < -0.39 is 0 Å². The average molecular weight is 211 g/mol. The first-order valence-corrected chi connectivity index (χ1v) is 7.09. The quantitative estimate of drug-likeness (QED) is 0.537. The molecule has 0 spiro atoms. The zero-order valence-electron chi connectivity index (χ0n) is 9.25. The molecule has 0 aliphatic carbocycles. The van der Waals surface area contributed by atoms with Crippen molar-refractivity contribution in [3.63, 3.8) is 0 Å². The van der Waals surface area contributed by atoms with Crippen molar-refractivity contribution < 1.29 is 4.74 Å². The van der Waals surface area contributed by atoms with E-state index in [1.54, 1.807) is 0 Å². The number of benzene rings is 1. The first kappa shape index (κ1) is 11.4. The summed E-state index contributed by atoms with van der Waals surface area (Å²) in [4.78, 5) is 1.34. The Hall–Kier alpha value is -0.630. The molecule has 0 aliphatic heterocycles. The van der Waals surface area contributed by atoms with Gasteiger partial charge in [-0.1, -0.05) is 25.5 Å². The van der Waals surface area contributed by atoms with Crippen molar-refractivity contribution in [3.8, 4) is 5.75 Å². The van der Waals surface area contributed by atoms with Gasteiger partial charge in [-0.3, -0.25) is 0 Å². The number of unbranched alkanes of at least 4 members (excludes halogenated alkanes) is 1. The second-order valence-electron chi connectivity index (χ2n) is 3.47. The summed E-state index contributed by atoms with van der Waals surface area (Å²) < 4.78 is 5.75.